The molecule has 2 aromatic rings. The predicted octanol–water partition coefficient (Wildman–Crippen LogP) is 6.43. The Labute approximate surface area is 230 Å². The fraction of sp³-hybridized carbons (Fsp3) is 0.400. The number of hydrogen-bond acceptors (Lipinski definition) is 8. The molecule has 13 heteroatoms. The highest BCUT2D eigenvalue weighted by atomic mass is 35.5. The molecule has 2 aromatic carbocycles. The number of ether oxygens (including phenoxy) is 3. The largest absolute Gasteiger partial charge is 0.445 e. The van der Waals surface area contributed by atoms with Gasteiger partial charge in [0.05, 0.1) is 11.5 Å². The highest BCUT2D eigenvalue weighted by Crippen LogP contribution is 2.31. The van der Waals surface area contributed by atoms with Crippen molar-refractivity contribution in [2.75, 3.05) is 7.05 Å². The Balaban J connectivity index is 0.000000328. The summed E-state index contributed by atoms with van der Waals surface area (Å²) >= 11 is 11.2. The summed E-state index contributed by atoms with van der Waals surface area (Å²) in [5, 5.41) is 13.2. The molecule has 0 spiro atoms. The van der Waals surface area contributed by atoms with E-state index in [2.05, 4.69) is 10.1 Å². The molecule has 0 atom stereocenters. The summed E-state index contributed by atoms with van der Waals surface area (Å²) in [4.78, 5) is 45.3. The first-order valence-corrected chi connectivity index (χ1v) is 12.3. The summed E-state index contributed by atoms with van der Waals surface area (Å²) in [6, 6.07) is 10.6. The minimum absolute atomic E-state index is 0.0747. The van der Waals surface area contributed by atoms with Crippen LogP contribution in [0.3, 0.4) is 0 Å². The topological polar surface area (TPSA) is 137 Å². The van der Waals surface area contributed by atoms with Crippen molar-refractivity contribution in [3.05, 3.63) is 68.7 Å². The molecule has 0 heterocycles. The molecule has 206 valence electrons. The molecule has 1 aliphatic rings. The van der Waals surface area contributed by atoms with Crippen LogP contribution in [0.15, 0.2) is 42.5 Å². The monoisotopic (exact) mass is 569 g/mol. The van der Waals surface area contributed by atoms with Crippen molar-refractivity contribution in [2.45, 2.75) is 58.4 Å². The molecule has 0 aliphatic heterocycles. The fourth-order valence-corrected chi connectivity index (χ4v) is 3.29. The van der Waals surface area contributed by atoms with E-state index in [0.29, 0.717) is 11.6 Å². The average molecular weight is 570 g/mol. The first-order chi connectivity index (χ1) is 17.8. The standard InChI is InChI=1S/C18H25ClN2O4.C7H4ClNO4/c1-18(2,3)25-17(23)21(14-6-7-14)10-13-9-12(5-8-15(13)19)11-24-16(22)20-4;8-7(10)13-6-3-1-5(2-4-6)9(11)12/h5,8-9,14H,6-7,10-11H2,1-4H3,(H,20,22);1-4H. The molecule has 1 saturated carbocycles. The van der Waals surface area contributed by atoms with E-state index in [1.54, 1.807) is 17.0 Å². The molecular formula is C25H29Cl2N3O8. The number of carbonyl (C=O) groups excluding carboxylic acids is 3. The molecule has 1 aliphatic carbocycles. The third-order valence-corrected chi connectivity index (χ3v) is 5.33. The molecule has 1 fully saturated rings. The van der Waals surface area contributed by atoms with Crippen LogP contribution in [0.25, 0.3) is 0 Å². The Morgan fingerprint density at radius 1 is 1.13 bits per heavy atom. The second-order valence-electron chi connectivity index (χ2n) is 9.18. The van der Waals surface area contributed by atoms with Gasteiger partial charge in [-0.15, -0.1) is 0 Å². The van der Waals surface area contributed by atoms with E-state index in [1.807, 2.05) is 26.8 Å². The Bertz CT molecular complexity index is 1150. The minimum atomic E-state index is -0.978. The molecular weight excluding hydrogens is 541 g/mol. The van der Waals surface area contributed by atoms with Crippen molar-refractivity contribution in [1.29, 1.82) is 0 Å². The van der Waals surface area contributed by atoms with Crippen LogP contribution in [0.5, 0.6) is 5.75 Å². The van der Waals surface area contributed by atoms with Crippen LogP contribution in [-0.4, -0.2) is 46.1 Å². The summed E-state index contributed by atoms with van der Waals surface area (Å²) in [5.41, 5.74) is 0.0145. The Kier molecular flexibility index (Phi) is 11.2. The molecule has 0 saturated heterocycles. The van der Waals surface area contributed by atoms with Crippen molar-refractivity contribution < 1.29 is 33.5 Å². The van der Waals surface area contributed by atoms with E-state index in [9.17, 15) is 24.5 Å². The lowest BCUT2D eigenvalue weighted by atomic mass is 10.1. The van der Waals surface area contributed by atoms with Gasteiger partial charge in [0.2, 0.25) is 0 Å². The number of hydrogen-bond donors (Lipinski definition) is 1. The quantitative estimate of drug-likeness (QED) is 0.229. The van der Waals surface area contributed by atoms with E-state index in [0.717, 1.165) is 24.0 Å². The average Bonchev–Trinajstić information content (AvgIpc) is 3.67. The molecule has 38 heavy (non-hydrogen) atoms. The number of non-ortho nitro benzene ring substituents is 1. The molecule has 0 radical (unpaired) electrons. The number of amides is 2. The second-order valence-corrected chi connectivity index (χ2v) is 9.90. The summed E-state index contributed by atoms with van der Waals surface area (Å²) in [6.07, 6.45) is 1.11. The highest BCUT2D eigenvalue weighted by molar-refractivity contribution is 6.61. The third kappa shape index (κ3) is 10.8. The molecule has 0 aromatic heterocycles. The zero-order valence-corrected chi connectivity index (χ0v) is 22.9. The van der Waals surface area contributed by atoms with Crippen LogP contribution >= 0.6 is 23.2 Å². The number of nitrogens with zero attached hydrogens (tertiary/aromatic N) is 2. The van der Waals surface area contributed by atoms with Gasteiger partial charge in [-0.05, 0) is 69.0 Å². The van der Waals surface area contributed by atoms with E-state index in [-0.39, 0.29) is 30.2 Å². The molecule has 2 amide bonds. The summed E-state index contributed by atoms with van der Waals surface area (Å²) < 4.78 is 15.0. The maximum Gasteiger partial charge on any atom is 0.410 e. The van der Waals surface area contributed by atoms with Crippen LogP contribution in [0.4, 0.5) is 20.1 Å². The lowest BCUT2D eigenvalue weighted by molar-refractivity contribution is -0.384. The van der Waals surface area contributed by atoms with Crippen molar-refractivity contribution in [1.82, 2.24) is 10.2 Å². The number of nitrogens with one attached hydrogen (secondary N) is 1. The van der Waals surface area contributed by atoms with Crippen molar-refractivity contribution >= 4 is 46.5 Å². The Morgan fingerprint density at radius 2 is 1.76 bits per heavy atom. The number of nitro benzene ring substituents is 1. The first kappa shape index (κ1) is 30.7. The lowest BCUT2D eigenvalue weighted by Crippen LogP contribution is -2.37. The van der Waals surface area contributed by atoms with Gasteiger partial charge >= 0.3 is 17.6 Å². The zero-order chi connectivity index (χ0) is 28.5. The van der Waals surface area contributed by atoms with E-state index in [1.165, 1.54) is 31.3 Å². The summed E-state index contributed by atoms with van der Waals surface area (Å²) in [5.74, 6) is 0.172. The molecule has 1 N–H and O–H groups in total. The number of rotatable bonds is 7. The summed E-state index contributed by atoms with van der Waals surface area (Å²) in [7, 11) is 1.50. The minimum Gasteiger partial charge on any atom is -0.445 e. The number of alkyl carbamates (subject to hydrolysis) is 1. The molecule has 3 rings (SSSR count). The lowest BCUT2D eigenvalue weighted by Gasteiger charge is -2.28. The van der Waals surface area contributed by atoms with Crippen LogP contribution in [0.2, 0.25) is 5.02 Å². The number of halogens is 2. The molecule has 11 nitrogen and oxygen atoms in total. The van der Waals surface area contributed by atoms with Crippen molar-refractivity contribution in [3.8, 4) is 5.75 Å². The number of benzene rings is 2. The van der Waals surface area contributed by atoms with Gasteiger partial charge in [-0.2, -0.15) is 0 Å². The van der Waals surface area contributed by atoms with E-state index in [4.69, 9.17) is 32.7 Å². The van der Waals surface area contributed by atoms with E-state index >= 15 is 0 Å². The van der Waals surface area contributed by atoms with Gasteiger partial charge in [0.15, 0.2) is 0 Å². The van der Waals surface area contributed by atoms with Gasteiger partial charge in [0.1, 0.15) is 18.0 Å². The van der Waals surface area contributed by atoms with Gasteiger partial charge in [0.25, 0.3) is 5.69 Å². The van der Waals surface area contributed by atoms with Gasteiger partial charge in [-0.3, -0.25) is 10.1 Å². The number of carbonyl (C=O) groups is 3. The van der Waals surface area contributed by atoms with Crippen molar-refractivity contribution in [3.63, 3.8) is 0 Å². The van der Waals surface area contributed by atoms with Crippen LogP contribution < -0.4 is 10.1 Å². The van der Waals surface area contributed by atoms with E-state index < -0.39 is 22.0 Å². The Hall–Kier alpha value is -3.57. The molecule has 0 unspecified atom stereocenters. The van der Waals surface area contributed by atoms with Crippen molar-refractivity contribution in [2.24, 2.45) is 0 Å². The Morgan fingerprint density at radius 3 is 2.26 bits per heavy atom. The summed E-state index contributed by atoms with van der Waals surface area (Å²) in [6.45, 7) is 6.05. The van der Waals surface area contributed by atoms with Gasteiger partial charge in [0, 0.05) is 41.8 Å². The SMILES string of the molecule is CNC(=O)OCc1ccc(Cl)c(CN(C(=O)OC(C)(C)C)C2CC2)c1.O=C(Cl)Oc1ccc([N+](=O)[O-])cc1. The normalized spacial score (nSPS) is 12.4. The zero-order valence-electron chi connectivity index (χ0n) is 21.4. The van der Waals surface area contributed by atoms with Gasteiger partial charge in [-0.1, -0.05) is 17.7 Å². The first-order valence-electron chi connectivity index (χ1n) is 11.5. The van der Waals surface area contributed by atoms with Crippen LogP contribution in [0, 0.1) is 10.1 Å². The number of nitro groups is 1. The maximum atomic E-state index is 12.5. The predicted molar refractivity (Wildman–Crippen MR) is 140 cm³/mol. The second kappa shape index (κ2) is 13.8. The van der Waals surface area contributed by atoms with Gasteiger partial charge < -0.3 is 24.4 Å². The van der Waals surface area contributed by atoms with Crippen LogP contribution in [0.1, 0.15) is 44.7 Å². The van der Waals surface area contributed by atoms with Crippen LogP contribution in [-0.2, 0) is 22.6 Å². The van der Waals surface area contributed by atoms with Gasteiger partial charge in [-0.25, -0.2) is 14.4 Å². The fourth-order valence-electron chi connectivity index (χ4n) is 3.02. The highest BCUT2D eigenvalue weighted by Gasteiger charge is 2.35. The maximum absolute atomic E-state index is 12.5. The molecule has 0 bridgehead atoms. The smallest absolute Gasteiger partial charge is 0.410 e. The third-order valence-electron chi connectivity index (χ3n) is 4.89.